The van der Waals surface area contributed by atoms with Crippen molar-refractivity contribution in [3.8, 4) is 0 Å². The summed E-state index contributed by atoms with van der Waals surface area (Å²) in [6.07, 6.45) is 6.00. The summed E-state index contributed by atoms with van der Waals surface area (Å²) in [5.74, 6) is 1.48. The van der Waals surface area contributed by atoms with Crippen molar-refractivity contribution in [3.63, 3.8) is 0 Å². The van der Waals surface area contributed by atoms with E-state index in [0.29, 0.717) is 11.7 Å². The van der Waals surface area contributed by atoms with Crippen molar-refractivity contribution in [2.75, 3.05) is 0 Å². The average molecular weight is 250 g/mol. The maximum Gasteiger partial charge on any atom is 0.175 e. The predicted molar refractivity (Wildman–Crippen MR) is 73.9 cm³/mol. The quantitative estimate of drug-likeness (QED) is 0.707. The van der Waals surface area contributed by atoms with Crippen LogP contribution in [-0.4, -0.2) is 5.78 Å². The topological polar surface area (TPSA) is 17.1 Å². The molecule has 1 aromatic heterocycles. The molecule has 0 bridgehead atoms. The molecule has 1 heterocycles. The summed E-state index contributed by atoms with van der Waals surface area (Å²) in [4.78, 5) is 14.7. The molecule has 0 N–H and O–H groups in total. The summed E-state index contributed by atoms with van der Waals surface area (Å²) < 4.78 is 0. The minimum atomic E-state index is 0.297. The Morgan fingerprint density at radius 1 is 1.41 bits per heavy atom. The second kappa shape index (κ2) is 5.34. The van der Waals surface area contributed by atoms with Gasteiger partial charge in [-0.3, -0.25) is 4.79 Å². The predicted octanol–water partition coefficient (Wildman–Crippen LogP) is 4.76. The van der Waals surface area contributed by atoms with E-state index in [-0.39, 0.29) is 0 Å². The van der Waals surface area contributed by atoms with Crippen molar-refractivity contribution in [1.82, 2.24) is 0 Å². The third kappa shape index (κ3) is 2.79. The molecule has 1 aromatic rings. The van der Waals surface area contributed by atoms with Gasteiger partial charge in [-0.15, -0.1) is 11.3 Å². The van der Waals surface area contributed by atoms with Gasteiger partial charge >= 0.3 is 0 Å². The van der Waals surface area contributed by atoms with E-state index >= 15 is 0 Å². The molecule has 0 spiro atoms. The first-order valence-electron chi connectivity index (χ1n) is 6.73. The summed E-state index contributed by atoms with van der Waals surface area (Å²) in [6.45, 7) is 6.45. The van der Waals surface area contributed by atoms with Gasteiger partial charge in [0.15, 0.2) is 5.78 Å². The van der Waals surface area contributed by atoms with E-state index in [1.165, 1.54) is 29.7 Å². The van der Waals surface area contributed by atoms with Crippen molar-refractivity contribution in [3.05, 3.63) is 21.4 Å². The largest absolute Gasteiger partial charge is 0.293 e. The molecule has 1 aliphatic rings. The molecule has 2 rings (SSSR count). The fourth-order valence-corrected chi connectivity index (χ4v) is 3.85. The van der Waals surface area contributed by atoms with Gasteiger partial charge in [-0.2, -0.15) is 0 Å². The molecule has 2 heteroatoms. The number of Topliss-reactive ketones (excluding diaryl/α,β-unsaturated/α-hetero) is 1. The maximum atomic E-state index is 12.4. The van der Waals surface area contributed by atoms with Crippen LogP contribution in [-0.2, 0) is 0 Å². The van der Waals surface area contributed by atoms with E-state index in [9.17, 15) is 4.79 Å². The molecule has 17 heavy (non-hydrogen) atoms. The molecule has 0 aromatic carbocycles. The smallest absolute Gasteiger partial charge is 0.175 e. The second-order valence-electron chi connectivity index (χ2n) is 5.35. The third-order valence-corrected chi connectivity index (χ3v) is 5.31. The Kier molecular flexibility index (Phi) is 4.03. The summed E-state index contributed by atoms with van der Waals surface area (Å²) in [5, 5.41) is 0. The molecule has 1 saturated carbocycles. The average Bonchev–Trinajstić information content (AvgIpc) is 2.69. The standard InChI is InChI=1S/C15H22OS/c1-4-12-6-5-7-13(9-12)15(16)14-8-10(2)11(3)17-14/h8,12-13H,4-7,9H2,1-3H3. The van der Waals surface area contributed by atoms with Crippen LogP contribution in [0, 0.1) is 25.7 Å². The fourth-order valence-electron chi connectivity index (χ4n) is 2.80. The van der Waals surface area contributed by atoms with Gasteiger partial charge in [0.2, 0.25) is 0 Å². The van der Waals surface area contributed by atoms with Crippen LogP contribution in [0.1, 0.15) is 59.1 Å². The van der Waals surface area contributed by atoms with Crippen LogP contribution in [0.4, 0.5) is 0 Å². The number of aryl methyl sites for hydroxylation is 2. The summed E-state index contributed by atoms with van der Waals surface area (Å²) in [5.41, 5.74) is 1.27. The van der Waals surface area contributed by atoms with Crippen molar-refractivity contribution < 1.29 is 4.79 Å². The Hall–Kier alpha value is -0.630. The lowest BCUT2D eigenvalue weighted by atomic mass is 9.78. The normalized spacial score (nSPS) is 24.9. The Morgan fingerprint density at radius 3 is 2.76 bits per heavy atom. The van der Waals surface area contributed by atoms with Crippen LogP contribution in [0.3, 0.4) is 0 Å². The van der Waals surface area contributed by atoms with Gasteiger partial charge in [0.05, 0.1) is 4.88 Å². The number of carbonyl (C=O) groups excluding carboxylic acids is 1. The lowest BCUT2D eigenvalue weighted by Crippen LogP contribution is -2.22. The van der Waals surface area contributed by atoms with Gasteiger partial charge in [0.25, 0.3) is 0 Å². The number of hydrogen-bond donors (Lipinski definition) is 0. The maximum absolute atomic E-state index is 12.4. The zero-order chi connectivity index (χ0) is 12.4. The molecule has 0 radical (unpaired) electrons. The summed E-state index contributed by atoms with van der Waals surface area (Å²) in [7, 11) is 0. The highest BCUT2D eigenvalue weighted by Gasteiger charge is 2.27. The van der Waals surface area contributed by atoms with Crippen molar-refractivity contribution in [1.29, 1.82) is 0 Å². The third-order valence-electron chi connectivity index (χ3n) is 4.14. The van der Waals surface area contributed by atoms with Gasteiger partial charge < -0.3 is 0 Å². The van der Waals surface area contributed by atoms with E-state index < -0.39 is 0 Å². The molecule has 2 unspecified atom stereocenters. The van der Waals surface area contributed by atoms with Gasteiger partial charge in [0.1, 0.15) is 0 Å². The molecule has 0 saturated heterocycles. The number of thiophene rings is 1. The Bertz CT molecular complexity index is 386. The van der Waals surface area contributed by atoms with Gasteiger partial charge in [0, 0.05) is 10.8 Å². The lowest BCUT2D eigenvalue weighted by Gasteiger charge is -2.27. The second-order valence-corrected chi connectivity index (χ2v) is 6.61. The van der Waals surface area contributed by atoms with E-state index in [0.717, 1.165) is 23.6 Å². The first-order chi connectivity index (χ1) is 8.11. The van der Waals surface area contributed by atoms with Crippen LogP contribution >= 0.6 is 11.3 Å². The lowest BCUT2D eigenvalue weighted by molar-refractivity contribution is 0.0866. The molecule has 1 nitrogen and oxygen atoms in total. The van der Waals surface area contributed by atoms with Crippen LogP contribution < -0.4 is 0 Å². The first-order valence-corrected chi connectivity index (χ1v) is 7.54. The molecular formula is C15H22OS. The molecule has 1 fully saturated rings. The molecule has 94 valence electrons. The first kappa shape index (κ1) is 12.8. The Morgan fingerprint density at radius 2 is 2.18 bits per heavy atom. The van der Waals surface area contributed by atoms with E-state index in [1.54, 1.807) is 11.3 Å². The molecular weight excluding hydrogens is 228 g/mol. The molecule has 2 atom stereocenters. The highest BCUT2D eigenvalue weighted by atomic mass is 32.1. The zero-order valence-electron chi connectivity index (χ0n) is 11.1. The van der Waals surface area contributed by atoms with Crippen molar-refractivity contribution >= 4 is 17.1 Å². The zero-order valence-corrected chi connectivity index (χ0v) is 11.9. The Balaban J connectivity index is 2.09. The van der Waals surface area contributed by atoms with Gasteiger partial charge in [-0.1, -0.05) is 26.2 Å². The van der Waals surface area contributed by atoms with Crippen molar-refractivity contribution in [2.24, 2.45) is 11.8 Å². The minimum Gasteiger partial charge on any atom is -0.293 e. The van der Waals surface area contributed by atoms with Gasteiger partial charge in [-0.05, 0) is 44.2 Å². The fraction of sp³-hybridized carbons (Fsp3) is 0.667. The van der Waals surface area contributed by atoms with E-state index in [2.05, 4.69) is 26.8 Å². The van der Waals surface area contributed by atoms with Crippen LogP contribution in [0.15, 0.2) is 6.07 Å². The number of ketones is 1. The monoisotopic (exact) mass is 250 g/mol. The van der Waals surface area contributed by atoms with Crippen LogP contribution in [0.25, 0.3) is 0 Å². The summed E-state index contributed by atoms with van der Waals surface area (Å²) in [6, 6.07) is 2.08. The molecule has 0 aliphatic heterocycles. The van der Waals surface area contributed by atoms with E-state index in [1.807, 2.05) is 0 Å². The number of hydrogen-bond acceptors (Lipinski definition) is 2. The Labute approximate surface area is 108 Å². The van der Waals surface area contributed by atoms with Crippen LogP contribution in [0.2, 0.25) is 0 Å². The number of carbonyl (C=O) groups is 1. The SMILES string of the molecule is CCC1CCCC(C(=O)c2cc(C)c(C)s2)C1. The van der Waals surface area contributed by atoms with Crippen molar-refractivity contribution in [2.45, 2.75) is 52.9 Å². The highest BCUT2D eigenvalue weighted by Crippen LogP contribution is 2.34. The van der Waals surface area contributed by atoms with Crippen LogP contribution in [0.5, 0.6) is 0 Å². The highest BCUT2D eigenvalue weighted by molar-refractivity contribution is 7.14. The van der Waals surface area contributed by atoms with E-state index in [4.69, 9.17) is 0 Å². The minimum absolute atomic E-state index is 0.297. The van der Waals surface area contributed by atoms with Gasteiger partial charge in [-0.25, -0.2) is 0 Å². The number of rotatable bonds is 3. The molecule has 1 aliphatic carbocycles. The summed E-state index contributed by atoms with van der Waals surface area (Å²) >= 11 is 1.68. The molecule has 0 amide bonds.